The van der Waals surface area contributed by atoms with Crippen LogP contribution in [0.3, 0.4) is 0 Å². The number of aromatic nitrogens is 1. The topological polar surface area (TPSA) is 28.2 Å². The van der Waals surface area contributed by atoms with Gasteiger partial charge in [0.15, 0.2) is 0 Å². The summed E-state index contributed by atoms with van der Waals surface area (Å²) in [7, 11) is 0. The van der Waals surface area contributed by atoms with Crippen molar-refractivity contribution in [3.05, 3.63) is 29.6 Å². The first-order valence-electron chi connectivity index (χ1n) is 7.29. The van der Waals surface area contributed by atoms with Gasteiger partial charge in [0.2, 0.25) is 0 Å². The highest BCUT2D eigenvalue weighted by atomic mass is 15.2. The first-order chi connectivity index (χ1) is 8.86. The van der Waals surface area contributed by atoms with Crippen molar-refractivity contribution in [2.45, 2.75) is 44.7 Å². The van der Waals surface area contributed by atoms with Crippen molar-refractivity contribution >= 4 is 0 Å². The molecule has 0 radical (unpaired) electrons. The third-order valence-corrected chi connectivity index (χ3v) is 4.35. The molecule has 1 aromatic heterocycles. The predicted molar refractivity (Wildman–Crippen MR) is 73.6 cm³/mol. The number of aryl methyl sites for hydroxylation is 1. The number of piperidine rings is 1. The van der Waals surface area contributed by atoms with E-state index in [1.807, 2.05) is 6.20 Å². The van der Waals surface area contributed by atoms with Crippen molar-refractivity contribution in [1.29, 1.82) is 0 Å². The van der Waals surface area contributed by atoms with Gasteiger partial charge in [-0.3, -0.25) is 4.98 Å². The summed E-state index contributed by atoms with van der Waals surface area (Å²) in [5, 5.41) is 3.83. The molecule has 1 aromatic rings. The lowest BCUT2D eigenvalue weighted by molar-refractivity contribution is 0.190. The molecule has 2 unspecified atom stereocenters. The van der Waals surface area contributed by atoms with Crippen LogP contribution in [0.5, 0.6) is 0 Å². The van der Waals surface area contributed by atoms with Gasteiger partial charge in [0.25, 0.3) is 0 Å². The monoisotopic (exact) mass is 245 g/mol. The van der Waals surface area contributed by atoms with Crippen LogP contribution in [0.1, 0.15) is 43.5 Å². The largest absolute Gasteiger partial charge is 0.305 e. The van der Waals surface area contributed by atoms with Crippen LogP contribution < -0.4 is 5.32 Å². The zero-order valence-corrected chi connectivity index (χ0v) is 11.2. The summed E-state index contributed by atoms with van der Waals surface area (Å²) in [6, 6.07) is 5.42. The summed E-state index contributed by atoms with van der Waals surface area (Å²) in [6.45, 7) is 5.91. The average molecular weight is 245 g/mol. The van der Waals surface area contributed by atoms with Gasteiger partial charge in [-0.05, 0) is 50.4 Å². The third kappa shape index (κ3) is 2.43. The molecule has 18 heavy (non-hydrogen) atoms. The Morgan fingerprint density at radius 1 is 1.44 bits per heavy atom. The Morgan fingerprint density at radius 2 is 2.39 bits per heavy atom. The first kappa shape index (κ1) is 12.1. The van der Waals surface area contributed by atoms with E-state index in [0.29, 0.717) is 12.1 Å². The summed E-state index contributed by atoms with van der Waals surface area (Å²) in [4.78, 5) is 7.12. The lowest BCUT2D eigenvalue weighted by atomic mass is 10.0. The van der Waals surface area contributed by atoms with E-state index in [2.05, 4.69) is 34.3 Å². The third-order valence-electron chi connectivity index (χ3n) is 4.35. The molecule has 3 nitrogen and oxygen atoms in total. The fourth-order valence-corrected chi connectivity index (χ4v) is 3.34. The Bertz CT molecular complexity index is 404. The highest BCUT2D eigenvalue weighted by Gasteiger charge is 2.27. The summed E-state index contributed by atoms with van der Waals surface area (Å²) >= 11 is 0. The van der Waals surface area contributed by atoms with Gasteiger partial charge in [-0.15, -0.1) is 0 Å². The minimum Gasteiger partial charge on any atom is -0.305 e. The Morgan fingerprint density at radius 3 is 3.28 bits per heavy atom. The Labute approximate surface area is 110 Å². The van der Waals surface area contributed by atoms with Gasteiger partial charge in [-0.1, -0.05) is 13.0 Å². The standard InChI is InChI=1S/C15H23N3/c1-2-18-10-4-6-13(11-18)17-14-8-7-12-5-3-9-16-15(12)14/h3,5,9,13-14,17H,2,4,6-8,10-11H2,1H3. The Hall–Kier alpha value is -0.930. The fraction of sp³-hybridized carbons (Fsp3) is 0.667. The quantitative estimate of drug-likeness (QED) is 0.884. The molecular weight excluding hydrogens is 222 g/mol. The smallest absolute Gasteiger partial charge is 0.0605 e. The predicted octanol–water partition coefficient (Wildman–Crippen LogP) is 2.14. The number of nitrogens with one attached hydrogen (secondary N) is 1. The number of hydrogen-bond acceptors (Lipinski definition) is 3. The van der Waals surface area contributed by atoms with Crippen molar-refractivity contribution in [2.75, 3.05) is 19.6 Å². The lowest BCUT2D eigenvalue weighted by Gasteiger charge is -2.34. The molecule has 98 valence electrons. The normalized spacial score (nSPS) is 28.3. The molecular formula is C15H23N3. The number of rotatable bonds is 3. The molecule has 3 heteroatoms. The van der Waals surface area contributed by atoms with Gasteiger partial charge in [0.05, 0.1) is 11.7 Å². The van der Waals surface area contributed by atoms with E-state index < -0.39 is 0 Å². The van der Waals surface area contributed by atoms with E-state index in [1.54, 1.807) is 0 Å². The van der Waals surface area contributed by atoms with Crippen LogP contribution in [-0.2, 0) is 6.42 Å². The molecule has 1 N–H and O–H groups in total. The summed E-state index contributed by atoms with van der Waals surface area (Å²) in [5.74, 6) is 0. The van der Waals surface area contributed by atoms with Crippen LogP contribution in [0.4, 0.5) is 0 Å². The van der Waals surface area contributed by atoms with Gasteiger partial charge in [0, 0.05) is 18.8 Å². The second-order valence-corrected chi connectivity index (χ2v) is 5.54. The lowest BCUT2D eigenvalue weighted by Crippen LogP contribution is -2.46. The number of likely N-dealkylation sites (tertiary alicyclic amines) is 1. The summed E-state index contributed by atoms with van der Waals surface area (Å²) in [5.41, 5.74) is 2.74. The maximum atomic E-state index is 4.57. The van der Waals surface area contributed by atoms with Gasteiger partial charge in [-0.2, -0.15) is 0 Å². The zero-order chi connectivity index (χ0) is 12.4. The van der Waals surface area contributed by atoms with Crippen LogP contribution in [0.25, 0.3) is 0 Å². The zero-order valence-electron chi connectivity index (χ0n) is 11.2. The maximum absolute atomic E-state index is 4.57. The molecule has 2 aliphatic rings. The van der Waals surface area contributed by atoms with Gasteiger partial charge in [-0.25, -0.2) is 0 Å². The van der Waals surface area contributed by atoms with E-state index in [0.717, 1.165) is 0 Å². The van der Waals surface area contributed by atoms with Crippen LogP contribution in [-0.4, -0.2) is 35.6 Å². The van der Waals surface area contributed by atoms with Crippen molar-refractivity contribution in [3.63, 3.8) is 0 Å². The summed E-state index contributed by atoms with van der Waals surface area (Å²) < 4.78 is 0. The molecule has 0 saturated carbocycles. The van der Waals surface area contributed by atoms with Crippen LogP contribution in [0.15, 0.2) is 18.3 Å². The molecule has 0 aromatic carbocycles. The highest BCUT2D eigenvalue weighted by molar-refractivity contribution is 5.28. The van der Waals surface area contributed by atoms with E-state index in [4.69, 9.17) is 0 Å². The van der Waals surface area contributed by atoms with Gasteiger partial charge < -0.3 is 10.2 Å². The molecule has 1 fully saturated rings. The average Bonchev–Trinajstić information content (AvgIpc) is 2.83. The Kier molecular flexibility index (Phi) is 3.62. The molecule has 1 aliphatic heterocycles. The number of likely N-dealkylation sites (N-methyl/N-ethyl adjacent to an activating group) is 1. The van der Waals surface area contributed by atoms with E-state index in [-0.39, 0.29) is 0 Å². The minimum atomic E-state index is 0.489. The maximum Gasteiger partial charge on any atom is 0.0605 e. The minimum absolute atomic E-state index is 0.489. The van der Waals surface area contributed by atoms with Crippen LogP contribution in [0.2, 0.25) is 0 Å². The second-order valence-electron chi connectivity index (χ2n) is 5.54. The molecule has 1 aliphatic carbocycles. The SMILES string of the molecule is CCN1CCCC(NC2CCc3cccnc32)C1. The fourth-order valence-electron chi connectivity index (χ4n) is 3.34. The number of pyridine rings is 1. The molecule has 0 spiro atoms. The number of hydrogen-bond donors (Lipinski definition) is 1. The van der Waals surface area contributed by atoms with E-state index >= 15 is 0 Å². The van der Waals surface area contributed by atoms with Crippen LogP contribution >= 0.6 is 0 Å². The van der Waals surface area contributed by atoms with Gasteiger partial charge >= 0.3 is 0 Å². The van der Waals surface area contributed by atoms with Crippen molar-refractivity contribution in [3.8, 4) is 0 Å². The van der Waals surface area contributed by atoms with Crippen LogP contribution in [0, 0.1) is 0 Å². The molecule has 2 heterocycles. The Balaban J connectivity index is 1.64. The molecule has 3 rings (SSSR count). The molecule has 0 amide bonds. The van der Waals surface area contributed by atoms with Crippen molar-refractivity contribution < 1.29 is 0 Å². The van der Waals surface area contributed by atoms with E-state index in [1.165, 1.54) is 56.6 Å². The van der Waals surface area contributed by atoms with Crippen molar-refractivity contribution in [1.82, 2.24) is 15.2 Å². The highest BCUT2D eigenvalue weighted by Crippen LogP contribution is 2.29. The van der Waals surface area contributed by atoms with Crippen molar-refractivity contribution in [2.24, 2.45) is 0 Å². The molecule has 1 saturated heterocycles. The molecule has 0 bridgehead atoms. The second kappa shape index (κ2) is 5.37. The number of fused-ring (bicyclic) bond motifs is 1. The molecule has 2 atom stereocenters. The number of nitrogens with zero attached hydrogens (tertiary/aromatic N) is 2. The van der Waals surface area contributed by atoms with E-state index in [9.17, 15) is 0 Å². The summed E-state index contributed by atoms with van der Waals surface area (Å²) in [6.07, 6.45) is 6.97. The van der Waals surface area contributed by atoms with Gasteiger partial charge in [0.1, 0.15) is 0 Å². The first-order valence-corrected chi connectivity index (χ1v) is 7.29.